The Hall–Kier alpha value is -2.08. The summed E-state index contributed by atoms with van der Waals surface area (Å²) in [6.07, 6.45) is 3.44. The predicted molar refractivity (Wildman–Crippen MR) is 71.3 cm³/mol. The fraction of sp³-hybridized carbons (Fsp3) is 0.0833. The van der Waals surface area contributed by atoms with Crippen LogP contribution in [0, 0.1) is 0 Å². The Morgan fingerprint density at radius 2 is 2.17 bits per heavy atom. The van der Waals surface area contributed by atoms with Crippen LogP contribution in [0.2, 0.25) is 0 Å². The molecule has 0 amide bonds. The smallest absolute Gasteiger partial charge is 0.195 e. The first-order valence-corrected chi connectivity index (χ1v) is 6.22. The van der Waals surface area contributed by atoms with Crippen LogP contribution in [-0.4, -0.2) is 19.7 Å². The van der Waals surface area contributed by atoms with Crippen LogP contribution in [0.4, 0.5) is 5.69 Å². The number of nitrogens with zero attached hydrogens (tertiary/aromatic N) is 4. The van der Waals surface area contributed by atoms with Crippen LogP contribution in [0.3, 0.4) is 0 Å². The van der Waals surface area contributed by atoms with Gasteiger partial charge in [0.15, 0.2) is 5.16 Å². The molecule has 18 heavy (non-hydrogen) atoms. The fourth-order valence-corrected chi connectivity index (χ4v) is 2.61. The molecule has 90 valence electrons. The van der Waals surface area contributed by atoms with Crippen molar-refractivity contribution in [2.75, 3.05) is 5.73 Å². The summed E-state index contributed by atoms with van der Waals surface area (Å²) in [4.78, 5) is 5.38. The van der Waals surface area contributed by atoms with Crippen molar-refractivity contribution in [2.45, 2.75) is 10.1 Å². The Morgan fingerprint density at radius 1 is 1.28 bits per heavy atom. The molecular weight excluding hydrogens is 246 g/mol. The Labute approximate surface area is 108 Å². The molecule has 2 N–H and O–H groups in total. The second kappa shape index (κ2) is 4.30. The van der Waals surface area contributed by atoms with E-state index in [-0.39, 0.29) is 0 Å². The normalized spacial score (nSPS) is 10.9. The van der Waals surface area contributed by atoms with E-state index in [0.29, 0.717) is 5.69 Å². The van der Waals surface area contributed by atoms with Gasteiger partial charge in [-0.3, -0.25) is 4.98 Å². The highest BCUT2D eigenvalue weighted by Gasteiger charge is 2.08. The monoisotopic (exact) mass is 257 g/mol. The SMILES string of the molecule is Cn1cnnc1Sc1ccnc2c(N)cccc12. The number of benzene rings is 1. The third-order valence-corrected chi connectivity index (χ3v) is 3.76. The minimum Gasteiger partial charge on any atom is -0.397 e. The van der Waals surface area contributed by atoms with Crippen molar-refractivity contribution in [3.05, 3.63) is 36.8 Å². The van der Waals surface area contributed by atoms with Crippen LogP contribution in [0.5, 0.6) is 0 Å². The molecule has 0 saturated carbocycles. The van der Waals surface area contributed by atoms with Crippen LogP contribution >= 0.6 is 11.8 Å². The highest BCUT2D eigenvalue weighted by atomic mass is 32.2. The molecule has 0 aliphatic heterocycles. The number of fused-ring (bicyclic) bond motifs is 1. The number of anilines is 1. The molecule has 0 aliphatic rings. The molecule has 1 aromatic carbocycles. The number of rotatable bonds is 2. The number of hydrogen-bond acceptors (Lipinski definition) is 5. The molecule has 2 aromatic heterocycles. The minimum absolute atomic E-state index is 0.688. The van der Waals surface area contributed by atoms with Gasteiger partial charge in [-0.15, -0.1) is 10.2 Å². The zero-order chi connectivity index (χ0) is 12.5. The van der Waals surface area contributed by atoms with E-state index in [4.69, 9.17) is 5.73 Å². The van der Waals surface area contributed by atoms with E-state index in [0.717, 1.165) is 21.0 Å². The zero-order valence-electron chi connectivity index (χ0n) is 9.74. The van der Waals surface area contributed by atoms with Crippen molar-refractivity contribution in [2.24, 2.45) is 7.05 Å². The Bertz CT molecular complexity index is 707. The molecule has 0 fully saturated rings. The van der Waals surface area contributed by atoms with E-state index in [2.05, 4.69) is 15.2 Å². The van der Waals surface area contributed by atoms with Crippen molar-refractivity contribution in [1.82, 2.24) is 19.7 Å². The van der Waals surface area contributed by atoms with Crippen molar-refractivity contribution in [1.29, 1.82) is 0 Å². The van der Waals surface area contributed by atoms with Crippen LogP contribution in [-0.2, 0) is 7.05 Å². The van der Waals surface area contributed by atoms with Gasteiger partial charge in [-0.1, -0.05) is 12.1 Å². The second-order valence-electron chi connectivity index (χ2n) is 3.88. The van der Waals surface area contributed by atoms with E-state index in [1.54, 1.807) is 24.3 Å². The highest BCUT2D eigenvalue weighted by Crippen LogP contribution is 2.32. The lowest BCUT2D eigenvalue weighted by Gasteiger charge is -2.06. The number of aromatic nitrogens is 4. The number of nitrogen functional groups attached to an aromatic ring is 1. The number of nitrogens with two attached hydrogens (primary N) is 1. The third kappa shape index (κ3) is 1.80. The standard InChI is InChI=1S/C12H11N5S/c1-17-7-15-16-12(17)18-10-5-6-14-11-8(10)3-2-4-9(11)13/h2-7H,13H2,1H3. The van der Waals surface area contributed by atoms with Crippen LogP contribution in [0.15, 0.2) is 46.8 Å². The lowest BCUT2D eigenvalue weighted by molar-refractivity contribution is 0.789. The maximum atomic E-state index is 5.92. The molecule has 3 rings (SSSR count). The molecule has 0 unspecified atom stereocenters. The summed E-state index contributed by atoms with van der Waals surface area (Å²) in [6, 6.07) is 7.75. The summed E-state index contributed by atoms with van der Waals surface area (Å²) < 4.78 is 1.88. The van der Waals surface area contributed by atoms with Gasteiger partial charge in [0, 0.05) is 23.5 Å². The molecular formula is C12H11N5S. The van der Waals surface area contributed by atoms with E-state index in [9.17, 15) is 0 Å². The first-order chi connectivity index (χ1) is 8.75. The summed E-state index contributed by atoms with van der Waals surface area (Å²) in [5.41, 5.74) is 7.44. The summed E-state index contributed by atoms with van der Waals surface area (Å²) in [5, 5.41) is 9.80. The number of hydrogen-bond donors (Lipinski definition) is 1. The van der Waals surface area contributed by atoms with Gasteiger partial charge in [0.25, 0.3) is 0 Å². The average Bonchev–Trinajstić information content (AvgIpc) is 2.77. The lowest BCUT2D eigenvalue weighted by atomic mass is 10.2. The minimum atomic E-state index is 0.688. The first-order valence-electron chi connectivity index (χ1n) is 5.41. The van der Waals surface area contributed by atoms with Gasteiger partial charge in [0.1, 0.15) is 6.33 Å². The number of para-hydroxylation sites is 1. The molecule has 0 radical (unpaired) electrons. The predicted octanol–water partition coefficient (Wildman–Crippen LogP) is 2.10. The molecule has 0 aliphatic carbocycles. The van der Waals surface area contributed by atoms with Crippen LogP contribution in [0.25, 0.3) is 10.9 Å². The number of pyridine rings is 1. The van der Waals surface area contributed by atoms with Gasteiger partial charge in [0.2, 0.25) is 0 Å². The van der Waals surface area contributed by atoms with E-state index in [1.807, 2.05) is 35.9 Å². The molecule has 0 spiro atoms. The van der Waals surface area contributed by atoms with E-state index >= 15 is 0 Å². The van der Waals surface area contributed by atoms with Gasteiger partial charge in [-0.05, 0) is 23.9 Å². The summed E-state index contributed by atoms with van der Waals surface area (Å²) in [7, 11) is 1.92. The van der Waals surface area contributed by atoms with Crippen molar-refractivity contribution in [3.8, 4) is 0 Å². The number of aryl methyl sites for hydroxylation is 1. The van der Waals surface area contributed by atoms with Crippen molar-refractivity contribution >= 4 is 28.4 Å². The average molecular weight is 257 g/mol. The topological polar surface area (TPSA) is 69.6 Å². The lowest BCUT2D eigenvalue weighted by Crippen LogP contribution is -1.92. The molecule has 6 heteroatoms. The maximum absolute atomic E-state index is 5.92. The van der Waals surface area contributed by atoms with Gasteiger partial charge in [-0.25, -0.2) is 0 Å². The molecule has 0 saturated heterocycles. The Morgan fingerprint density at radius 3 is 2.94 bits per heavy atom. The Balaban J connectivity index is 2.13. The highest BCUT2D eigenvalue weighted by molar-refractivity contribution is 7.99. The van der Waals surface area contributed by atoms with Gasteiger partial charge < -0.3 is 10.3 Å². The van der Waals surface area contributed by atoms with Gasteiger partial charge in [0.05, 0.1) is 11.2 Å². The summed E-state index contributed by atoms with van der Waals surface area (Å²) in [6.45, 7) is 0. The van der Waals surface area contributed by atoms with Gasteiger partial charge >= 0.3 is 0 Å². The van der Waals surface area contributed by atoms with Crippen LogP contribution < -0.4 is 5.73 Å². The van der Waals surface area contributed by atoms with Gasteiger partial charge in [-0.2, -0.15) is 0 Å². The summed E-state index contributed by atoms with van der Waals surface area (Å²) in [5.74, 6) is 0. The summed E-state index contributed by atoms with van der Waals surface area (Å²) >= 11 is 1.55. The van der Waals surface area contributed by atoms with Crippen LogP contribution in [0.1, 0.15) is 0 Å². The maximum Gasteiger partial charge on any atom is 0.195 e. The Kier molecular flexibility index (Phi) is 2.64. The molecule has 0 atom stereocenters. The van der Waals surface area contributed by atoms with E-state index in [1.165, 1.54) is 0 Å². The van der Waals surface area contributed by atoms with E-state index < -0.39 is 0 Å². The largest absolute Gasteiger partial charge is 0.397 e. The quantitative estimate of drug-likeness (QED) is 0.712. The molecule has 0 bridgehead atoms. The molecule has 3 aromatic rings. The van der Waals surface area contributed by atoms with Crippen molar-refractivity contribution in [3.63, 3.8) is 0 Å². The second-order valence-corrected chi connectivity index (χ2v) is 4.89. The zero-order valence-corrected chi connectivity index (χ0v) is 10.6. The fourth-order valence-electron chi connectivity index (χ4n) is 1.73. The molecule has 2 heterocycles. The molecule has 5 nitrogen and oxygen atoms in total. The first kappa shape index (κ1) is 11.0. The third-order valence-electron chi connectivity index (χ3n) is 2.63. The van der Waals surface area contributed by atoms with Crippen molar-refractivity contribution < 1.29 is 0 Å².